The van der Waals surface area contributed by atoms with Crippen LogP contribution in [0.1, 0.15) is 53.4 Å². The van der Waals surface area contributed by atoms with Crippen molar-refractivity contribution in [1.29, 1.82) is 0 Å². The summed E-state index contributed by atoms with van der Waals surface area (Å²) >= 11 is 0. The van der Waals surface area contributed by atoms with E-state index in [0.717, 1.165) is 18.6 Å². The number of rotatable bonds is 5. The molecule has 1 unspecified atom stereocenters. The first-order valence-electron chi connectivity index (χ1n) is 7.63. The molecule has 1 atom stereocenters. The first-order chi connectivity index (χ1) is 10.4. The molecule has 1 aliphatic carbocycles. The number of carbonyl (C=O) groups excluding carboxylic acids is 1. The molecule has 118 valence electrons. The molecule has 0 bridgehead atoms. The summed E-state index contributed by atoms with van der Waals surface area (Å²) in [6, 6.07) is 5.97. The predicted octanol–water partition coefficient (Wildman–Crippen LogP) is 2.67. The van der Waals surface area contributed by atoms with Crippen LogP contribution in [0.25, 0.3) is 0 Å². The van der Waals surface area contributed by atoms with Crippen LogP contribution in [0.15, 0.2) is 28.8 Å². The Balaban J connectivity index is 1.69. The molecule has 5 heteroatoms. The van der Waals surface area contributed by atoms with Crippen molar-refractivity contribution in [1.82, 2.24) is 9.88 Å². The Kier molecular flexibility index (Phi) is 3.60. The first-order valence-corrected chi connectivity index (χ1v) is 7.63. The second-order valence-corrected chi connectivity index (χ2v) is 6.32. The number of hydrogen-bond donors (Lipinski definition) is 2. The number of furan rings is 1. The zero-order chi connectivity index (χ0) is 15.9. The second kappa shape index (κ2) is 5.32. The molecular formula is C17H22N2O3. The number of hydrogen-bond acceptors (Lipinski definition) is 3. The van der Waals surface area contributed by atoms with E-state index in [0.29, 0.717) is 23.1 Å². The van der Waals surface area contributed by atoms with Gasteiger partial charge in [-0.15, -0.1) is 0 Å². The van der Waals surface area contributed by atoms with E-state index in [2.05, 4.69) is 5.32 Å². The molecule has 2 aromatic heterocycles. The monoisotopic (exact) mass is 302 g/mol. The maximum atomic E-state index is 12.4. The molecule has 5 nitrogen and oxygen atoms in total. The minimum absolute atomic E-state index is 0.140. The van der Waals surface area contributed by atoms with Crippen molar-refractivity contribution in [2.75, 3.05) is 6.54 Å². The Labute approximate surface area is 129 Å². The van der Waals surface area contributed by atoms with Gasteiger partial charge in [-0.25, -0.2) is 0 Å². The van der Waals surface area contributed by atoms with Gasteiger partial charge < -0.3 is 19.4 Å². The van der Waals surface area contributed by atoms with Gasteiger partial charge in [0.25, 0.3) is 5.91 Å². The van der Waals surface area contributed by atoms with Crippen molar-refractivity contribution in [3.8, 4) is 0 Å². The number of nitrogens with zero attached hydrogens (tertiary/aromatic N) is 1. The molecule has 1 fully saturated rings. The molecule has 3 rings (SSSR count). The Morgan fingerprint density at radius 1 is 1.50 bits per heavy atom. The van der Waals surface area contributed by atoms with Crippen LogP contribution in [0.4, 0.5) is 0 Å². The van der Waals surface area contributed by atoms with Crippen LogP contribution in [0.2, 0.25) is 0 Å². The van der Waals surface area contributed by atoms with Crippen LogP contribution in [0.3, 0.4) is 0 Å². The standard InChI is InChI=1S/C17H22N2O3/c1-11-9-14(12(2)22-11)17(3,21)10-18-16(20)15-5-4-8-19(15)13-6-7-13/h4-5,8-9,13,21H,6-7,10H2,1-3H3,(H,18,20). The van der Waals surface area contributed by atoms with Gasteiger partial charge in [-0.2, -0.15) is 0 Å². The molecule has 0 saturated heterocycles. The van der Waals surface area contributed by atoms with Crippen LogP contribution in [-0.2, 0) is 5.60 Å². The summed E-state index contributed by atoms with van der Waals surface area (Å²) in [7, 11) is 0. The highest BCUT2D eigenvalue weighted by atomic mass is 16.3. The molecule has 0 spiro atoms. The summed E-state index contributed by atoms with van der Waals surface area (Å²) in [5.41, 5.74) is 0.204. The summed E-state index contributed by atoms with van der Waals surface area (Å²) in [6.07, 6.45) is 4.19. The van der Waals surface area contributed by atoms with Gasteiger partial charge in [-0.3, -0.25) is 4.79 Å². The first kappa shape index (κ1) is 14.9. The minimum Gasteiger partial charge on any atom is -0.466 e. The van der Waals surface area contributed by atoms with Gasteiger partial charge in [0.15, 0.2) is 0 Å². The van der Waals surface area contributed by atoms with E-state index in [9.17, 15) is 9.90 Å². The average Bonchev–Trinajstić information content (AvgIpc) is 3.07. The van der Waals surface area contributed by atoms with E-state index < -0.39 is 5.60 Å². The molecule has 1 saturated carbocycles. The van der Waals surface area contributed by atoms with Gasteiger partial charge in [0.2, 0.25) is 0 Å². The molecule has 0 aromatic carbocycles. The summed E-state index contributed by atoms with van der Waals surface area (Å²) in [4.78, 5) is 12.4. The Morgan fingerprint density at radius 3 is 2.82 bits per heavy atom. The van der Waals surface area contributed by atoms with Gasteiger partial charge in [0.1, 0.15) is 22.8 Å². The van der Waals surface area contributed by atoms with Crippen LogP contribution in [-0.4, -0.2) is 22.1 Å². The molecule has 1 amide bonds. The highest BCUT2D eigenvalue weighted by Crippen LogP contribution is 2.36. The minimum atomic E-state index is -1.16. The van der Waals surface area contributed by atoms with E-state index in [1.807, 2.05) is 42.8 Å². The van der Waals surface area contributed by atoms with E-state index >= 15 is 0 Å². The average molecular weight is 302 g/mol. The lowest BCUT2D eigenvalue weighted by Gasteiger charge is -2.23. The predicted molar refractivity (Wildman–Crippen MR) is 82.8 cm³/mol. The van der Waals surface area contributed by atoms with E-state index in [4.69, 9.17) is 4.42 Å². The van der Waals surface area contributed by atoms with Crippen LogP contribution in [0, 0.1) is 13.8 Å². The number of aromatic nitrogens is 1. The van der Waals surface area contributed by atoms with Gasteiger partial charge in [0.05, 0.1) is 6.54 Å². The number of aryl methyl sites for hydroxylation is 2. The quantitative estimate of drug-likeness (QED) is 0.892. The number of nitrogens with one attached hydrogen (secondary N) is 1. The van der Waals surface area contributed by atoms with Gasteiger partial charge in [0, 0.05) is 17.8 Å². The van der Waals surface area contributed by atoms with Crippen molar-refractivity contribution in [2.45, 2.75) is 45.3 Å². The zero-order valence-corrected chi connectivity index (χ0v) is 13.2. The van der Waals surface area contributed by atoms with Gasteiger partial charge in [-0.05, 0) is 51.8 Å². The fraction of sp³-hybridized carbons (Fsp3) is 0.471. The van der Waals surface area contributed by atoms with Crippen molar-refractivity contribution < 1.29 is 14.3 Å². The lowest BCUT2D eigenvalue weighted by molar-refractivity contribution is 0.0511. The van der Waals surface area contributed by atoms with Gasteiger partial charge in [-0.1, -0.05) is 0 Å². The van der Waals surface area contributed by atoms with E-state index in [-0.39, 0.29) is 12.5 Å². The largest absolute Gasteiger partial charge is 0.466 e. The second-order valence-electron chi connectivity index (χ2n) is 6.32. The molecule has 2 N–H and O–H groups in total. The molecule has 2 aromatic rings. The van der Waals surface area contributed by atoms with Crippen molar-refractivity contribution >= 4 is 5.91 Å². The molecule has 2 heterocycles. The highest BCUT2D eigenvalue weighted by molar-refractivity contribution is 5.92. The molecule has 0 aliphatic heterocycles. The summed E-state index contributed by atoms with van der Waals surface area (Å²) in [5, 5.41) is 13.5. The van der Waals surface area contributed by atoms with Gasteiger partial charge >= 0.3 is 0 Å². The topological polar surface area (TPSA) is 67.4 Å². The lowest BCUT2D eigenvalue weighted by Crippen LogP contribution is -2.39. The number of carbonyl (C=O) groups is 1. The maximum Gasteiger partial charge on any atom is 0.268 e. The maximum absolute atomic E-state index is 12.4. The summed E-state index contributed by atoms with van der Waals surface area (Å²) < 4.78 is 7.47. The Hall–Kier alpha value is -2.01. The fourth-order valence-corrected chi connectivity index (χ4v) is 2.86. The third kappa shape index (κ3) is 2.81. The Bertz CT molecular complexity index is 693. The molecular weight excluding hydrogens is 280 g/mol. The normalized spacial score (nSPS) is 17.3. The smallest absolute Gasteiger partial charge is 0.268 e. The van der Waals surface area contributed by atoms with Crippen molar-refractivity contribution in [3.63, 3.8) is 0 Å². The fourth-order valence-electron chi connectivity index (χ4n) is 2.86. The number of aliphatic hydroxyl groups is 1. The van der Waals surface area contributed by atoms with Crippen molar-refractivity contribution in [3.05, 3.63) is 47.2 Å². The molecule has 1 aliphatic rings. The Morgan fingerprint density at radius 2 is 2.23 bits per heavy atom. The van der Waals surface area contributed by atoms with Crippen LogP contribution in [0.5, 0.6) is 0 Å². The third-order valence-corrected chi connectivity index (χ3v) is 4.17. The summed E-state index contributed by atoms with van der Waals surface area (Å²) in [5.74, 6) is 1.27. The van der Waals surface area contributed by atoms with E-state index in [1.165, 1.54) is 0 Å². The van der Waals surface area contributed by atoms with Crippen LogP contribution >= 0.6 is 0 Å². The van der Waals surface area contributed by atoms with E-state index in [1.54, 1.807) is 6.92 Å². The zero-order valence-electron chi connectivity index (χ0n) is 13.2. The highest BCUT2D eigenvalue weighted by Gasteiger charge is 2.30. The lowest BCUT2D eigenvalue weighted by atomic mass is 9.96. The molecule has 0 radical (unpaired) electrons. The van der Waals surface area contributed by atoms with Crippen LogP contribution < -0.4 is 5.32 Å². The SMILES string of the molecule is Cc1cc(C(C)(O)CNC(=O)c2cccn2C2CC2)c(C)o1. The van der Waals surface area contributed by atoms with Crippen molar-refractivity contribution in [2.24, 2.45) is 0 Å². The summed E-state index contributed by atoms with van der Waals surface area (Å²) in [6.45, 7) is 5.48. The third-order valence-electron chi connectivity index (χ3n) is 4.17. The molecule has 22 heavy (non-hydrogen) atoms. The number of amides is 1.